The van der Waals surface area contributed by atoms with Gasteiger partial charge in [-0.2, -0.15) is 0 Å². The molecule has 1 spiro atoms. The summed E-state index contributed by atoms with van der Waals surface area (Å²) >= 11 is 0. The molecule has 3 aliphatic rings. The van der Waals surface area contributed by atoms with E-state index in [1.807, 2.05) is 0 Å². The maximum Gasteiger partial charge on any atom is 0.176 e. The van der Waals surface area contributed by atoms with Crippen molar-refractivity contribution in [1.29, 1.82) is 0 Å². The minimum atomic E-state index is -0.236. The van der Waals surface area contributed by atoms with Crippen molar-refractivity contribution in [3.05, 3.63) is 11.6 Å². The van der Waals surface area contributed by atoms with Gasteiger partial charge in [-0.3, -0.25) is 0 Å². The summed E-state index contributed by atoms with van der Waals surface area (Å²) in [6, 6.07) is 0. The lowest BCUT2D eigenvalue weighted by atomic mass is 9.70. The topological polar surface area (TPSA) is 18.5 Å². The van der Waals surface area contributed by atoms with Gasteiger partial charge in [0.1, 0.15) is 0 Å². The molecule has 1 unspecified atom stereocenters. The number of allylic oxidation sites excluding steroid dienone is 1. The van der Waals surface area contributed by atoms with E-state index in [1.54, 1.807) is 5.57 Å². The fraction of sp³-hybridized carbons (Fsp3) is 0.846. The van der Waals surface area contributed by atoms with E-state index in [4.69, 9.17) is 9.47 Å². The second-order valence-electron chi connectivity index (χ2n) is 5.33. The van der Waals surface area contributed by atoms with Crippen LogP contribution in [0.2, 0.25) is 0 Å². The highest BCUT2D eigenvalue weighted by Crippen LogP contribution is 2.58. The molecule has 2 heteroatoms. The van der Waals surface area contributed by atoms with Crippen molar-refractivity contribution in [2.75, 3.05) is 0 Å². The van der Waals surface area contributed by atoms with Crippen molar-refractivity contribution < 1.29 is 9.47 Å². The van der Waals surface area contributed by atoms with Gasteiger partial charge in [0.15, 0.2) is 5.79 Å². The Kier molecular flexibility index (Phi) is 2.02. The third kappa shape index (κ3) is 1.24. The molecule has 2 nitrogen and oxygen atoms in total. The van der Waals surface area contributed by atoms with Crippen LogP contribution in [0, 0.1) is 11.8 Å². The molecule has 84 valence electrons. The van der Waals surface area contributed by atoms with Crippen molar-refractivity contribution in [1.82, 2.24) is 0 Å². The Balaban J connectivity index is 1.79. The summed E-state index contributed by atoms with van der Waals surface area (Å²) in [6.07, 6.45) is 6.49. The first kappa shape index (κ1) is 9.86. The average molecular weight is 208 g/mol. The van der Waals surface area contributed by atoms with Gasteiger partial charge in [-0.25, -0.2) is 0 Å². The molecule has 0 aromatic carbocycles. The Morgan fingerprint density at radius 1 is 1.33 bits per heavy atom. The lowest BCUT2D eigenvalue weighted by Gasteiger charge is -2.47. The maximum absolute atomic E-state index is 6.04. The Hall–Kier alpha value is -0.340. The molecule has 2 fully saturated rings. The number of hydrogen-bond donors (Lipinski definition) is 0. The van der Waals surface area contributed by atoms with E-state index in [0.29, 0.717) is 5.92 Å². The zero-order valence-electron chi connectivity index (χ0n) is 9.82. The Morgan fingerprint density at radius 2 is 2.00 bits per heavy atom. The maximum atomic E-state index is 6.04. The normalized spacial score (nSPS) is 46.5. The molecule has 2 aliphatic carbocycles. The van der Waals surface area contributed by atoms with Gasteiger partial charge in [-0.15, -0.1) is 0 Å². The summed E-state index contributed by atoms with van der Waals surface area (Å²) in [7, 11) is 0. The van der Waals surface area contributed by atoms with Crippen molar-refractivity contribution in [2.45, 2.75) is 58.0 Å². The second-order valence-corrected chi connectivity index (χ2v) is 5.33. The van der Waals surface area contributed by atoms with E-state index >= 15 is 0 Å². The molecule has 1 aliphatic heterocycles. The smallest absolute Gasteiger partial charge is 0.176 e. The van der Waals surface area contributed by atoms with E-state index in [2.05, 4.69) is 26.8 Å². The number of rotatable bonds is 1. The van der Waals surface area contributed by atoms with Crippen LogP contribution in [0.3, 0.4) is 0 Å². The first-order valence-electron chi connectivity index (χ1n) is 6.20. The molecule has 0 aromatic heterocycles. The molecule has 0 bridgehead atoms. The third-order valence-electron chi connectivity index (χ3n) is 4.39. The lowest BCUT2D eigenvalue weighted by Crippen LogP contribution is -2.52. The van der Waals surface area contributed by atoms with Crippen LogP contribution in [-0.2, 0) is 9.47 Å². The van der Waals surface area contributed by atoms with Crippen LogP contribution in [-0.4, -0.2) is 18.0 Å². The second kappa shape index (κ2) is 3.08. The first-order valence-corrected chi connectivity index (χ1v) is 6.20. The van der Waals surface area contributed by atoms with Crippen LogP contribution in [0.15, 0.2) is 11.6 Å². The quantitative estimate of drug-likeness (QED) is 0.617. The van der Waals surface area contributed by atoms with Crippen LogP contribution in [0.25, 0.3) is 0 Å². The van der Waals surface area contributed by atoms with Gasteiger partial charge in [0.2, 0.25) is 0 Å². The number of hydrogen-bond acceptors (Lipinski definition) is 2. The zero-order valence-corrected chi connectivity index (χ0v) is 9.82. The van der Waals surface area contributed by atoms with Crippen LogP contribution < -0.4 is 0 Å². The van der Waals surface area contributed by atoms with Crippen molar-refractivity contribution >= 4 is 0 Å². The highest BCUT2D eigenvalue weighted by Gasteiger charge is 2.61. The van der Waals surface area contributed by atoms with Gasteiger partial charge in [0.05, 0.1) is 12.2 Å². The molecular weight excluding hydrogens is 188 g/mol. The molecule has 4 atom stereocenters. The molecule has 0 amide bonds. The van der Waals surface area contributed by atoms with Gasteiger partial charge in [-0.1, -0.05) is 18.6 Å². The molecule has 1 saturated carbocycles. The largest absolute Gasteiger partial charge is 0.344 e. The SMILES string of the molecule is CCC1=C[C@@H]2C(C1)CC21O[C@H](C)[C@@H](C)O1. The number of ether oxygens (including phenoxy) is 2. The molecular formula is C13H20O2. The molecule has 0 N–H and O–H groups in total. The Labute approximate surface area is 91.6 Å². The van der Waals surface area contributed by atoms with Crippen LogP contribution in [0.4, 0.5) is 0 Å². The van der Waals surface area contributed by atoms with Gasteiger partial charge in [0, 0.05) is 12.3 Å². The summed E-state index contributed by atoms with van der Waals surface area (Å²) in [5.41, 5.74) is 1.60. The van der Waals surface area contributed by atoms with E-state index < -0.39 is 0 Å². The summed E-state index contributed by atoms with van der Waals surface area (Å²) < 4.78 is 12.1. The summed E-state index contributed by atoms with van der Waals surface area (Å²) in [5, 5.41) is 0. The molecule has 1 heterocycles. The predicted octanol–water partition coefficient (Wildman–Crippen LogP) is 2.88. The standard InChI is InChI=1S/C13H20O2/c1-4-10-5-11-7-13(12(11)6-10)14-8(2)9(3)15-13/h6,8-9,11-12H,4-5,7H2,1-3H3/t8-,9-,11?,12-/m1/s1. The minimum Gasteiger partial charge on any atom is -0.344 e. The van der Waals surface area contributed by atoms with Crippen molar-refractivity contribution in [2.24, 2.45) is 11.8 Å². The van der Waals surface area contributed by atoms with Gasteiger partial charge < -0.3 is 9.47 Å². The highest BCUT2D eigenvalue weighted by atomic mass is 16.8. The van der Waals surface area contributed by atoms with Crippen LogP contribution in [0.5, 0.6) is 0 Å². The predicted molar refractivity (Wildman–Crippen MR) is 58.4 cm³/mol. The van der Waals surface area contributed by atoms with Gasteiger partial charge in [-0.05, 0) is 32.6 Å². The van der Waals surface area contributed by atoms with E-state index in [-0.39, 0.29) is 18.0 Å². The van der Waals surface area contributed by atoms with Gasteiger partial charge in [0.25, 0.3) is 0 Å². The first-order chi connectivity index (χ1) is 7.14. The highest BCUT2D eigenvalue weighted by molar-refractivity contribution is 5.23. The van der Waals surface area contributed by atoms with Crippen molar-refractivity contribution in [3.8, 4) is 0 Å². The minimum absolute atomic E-state index is 0.236. The van der Waals surface area contributed by atoms with E-state index in [9.17, 15) is 0 Å². The lowest BCUT2D eigenvalue weighted by molar-refractivity contribution is -0.269. The van der Waals surface area contributed by atoms with E-state index in [0.717, 1.165) is 12.3 Å². The molecule has 0 radical (unpaired) electrons. The van der Waals surface area contributed by atoms with Crippen LogP contribution >= 0.6 is 0 Å². The Bertz CT molecular complexity index is 298. The van der Waals surface area contributed by atoms with Crippen LogP contribution in [0.1, 0.15) is 40.0 Å². The fourth-order valence-electron chi connectivity index (χ4n) is 3.31. The number of fused-ring (bicyclic) bond motifs is 2. The molecule has 15 heavy (non-hydrogen) atoms. The molecule has 3 rings (SSSR count). The zero-order chi connectivity index (χ0) is 10.6. The molecule has 0 aromatic rings. The third-order valence-corrected chi connectivity index (χ3v) is 4.39. The fourth-order valence-corrected chi connectivity index (χ4v) is 3.31. The molecule has 1 saturated heterocycles. The average Bonchev–Trinajstić information content (AvgIpc) is 2.68. The van der Waals surface area contributed by atoms with Crippen molar-refractivity contribution in [3.63, 3.8) is 0 Å². The summed E-state index contributed by atoms with van der Waals surface area (Å²) in [4.78, 5) is 0. The van der Waals surface area contributed by atoms with Gasteiger partial charge >= 0.3 is 0 Å². The van der Waals surface area contributed by atoms with E-state index in [1.165, 1.54) is 12.8 Å². The Morgan fingerprint density at radius 3 is 2.60 bits per heavy atom. The summed E-state index contributed by atoms with van der Waals surface area (Å²) in [6.45, 7) is 6.48. The summed E-state index contributed by atoms with van der Waals surface area (Å²) in [5.74, 6) is 1.11. The monoisotopic (exact) mass is 208 g/mol.